The predicted molar refractivity (Wildman–Crippen MR) is 72.9 cm³/mol. The Kier molecular flexibility index (Phi) is 4.16. The van der Waals surface area contributed by atoms with Gasteiger partial charge in [0.05, 0.1) is 5.71 Å². The molecule has 2 rings (SSSR count). The van der Waals surface area contributed by atoms with Crippen LogP contribution in [0.3, 0.4) is 0 Å². The lowest BCUT2D eigenvalue weighted by Crippen LogP contribution is -2.40. The summed E-state index contributed by atoms with van der Waals surface area (Å²) in [5.74, 6) is -0.237. The minimum absolute atomic E-state index is 0.00853. The second-order valence-electron chi connectivity index (χ2n) is 4.81. The number of hydrogen-bond acceptors (Lipinski definition) is 5. The summed E-state index contributed by atoms with van der Waals surface area (Å²) in [5.41, 5.74) is 0.523. The first-order valence-corrected chi connectivity index (χ1v) is 6.30. The van der Waals surface area contributed by atoms with E-state index in [1.54, 1.807) is 0 Å². The number of amides is 1. The maximum atomic E-state index is 12.0. The van der Waals surface area contributed by atoms with Crippen molar-refractivity contribution in [1.29, 1.82) is 5.41 Å². The van der Waals surface area contributed by atoms with Crippen LogP contribution in [-0.4, -0.2) is 40.5 Å². The Morgan fingerprint density at radius 2 is 2.11 bits per heavy atom. The molecule has 0 saturated carbocycles. The Bertz CT molecular complexity index is 477. The molecule has 1 aliphatic carbocycles. The lowest BCUT2D eigenvalue weighted by atomic mass is 9.55. The van der Waals surface area contributed by atoms with Crippen LogP contribution in [0.4, 0.5) is 0 Å². The molecule has 19 heavy (non-hydrogen) atoms. The Hall–Kier alpha value is -1.89. The van der Waals surface area contributed by atoms with Crippen molar-refractivity contribution in [3.8, 4) is 0 Å². The second kappa shape index (κ2) is 5.84. The molecule has 4 N–H and O–H groups in total. The van der Waals surface area contributed by atoms with Gasteiger partial charge in [0.15, 0.2) is 0 Å². The summed E-state index contributed by atoms with van der Waals surface area (Å²) in [6.07, 6.45) is 7.29. The average molecular weight is 261 g/mol. The minimum atomic E-state index is -0.251. The summed E-state index contributed by atoms with van der Waals surface area (Å²) in [4.78, 5) is 12.0. The van der Waals surface area contributed by atoms with E-state index in [2.05, 4.69) is 10.5 Å². The van der Waals surface area contributed by atoms with E-state index in [1.165, 1.54) is 18.2 Å². The molecule has 1 heterocycles. The zero-order valence-corrected chi connectivity index (χ0v) is 10.5. The fraction of sp³-hybridized carbons (Fsp3) is 0.417. The molecule has 0 atom stereocenters. The van der Waals surface area contributed by atoms with E-state index >= 15 is 0 Å². The smallest absolute Gasteiger partial charge is 0.289 e. The highest BCUT2D eigenvalue weighted by Gasteiger charge is 2.24. The maximum absolute atomic E-state index is 12.0. The Morgan fingerprint density at radius 3 is 2.68 bits per heavy atom. The fourth-order valence-electron chi connectivity index (χ4n) is 2.25. The number of allylic oxidation sites excluding steroid dienone is 2. The molecule has 0 unspecified atom stereocenters. The quantitative estimate of drug-likeness (QED) is 0.253. The summed E-state index contributed by atoms with van der Waals surface area (Å²) >= 11 is 0. The SMILES string of the molecule is N=C1C=C(C(=O)NC2CCB(O)CC2)C=C/C1=N/O. The minimum Gasteiger partial charge on any atom is -0.450 e. The first-order chi connectivity index (χ1) is 9.10. The van der Waals surface area contributed by atoms with Gasteiger partial charge >= 0.3 is 0 Å². The number of oxime groups is 1. The van der Waals surface area contributed by atoms with Gasteiger partial charge in [-0.2, -0.15) is 0 Å². The van der Waals surface area contributed by atoms with Crippen molar-refractivity contribution in [2.45, 2.75) is 31.5 Å². The molecule has 2 aliphatic rings. The monoisotopic (exact) mass is 261 g/mol. The molecule has 7 heteroatoms. The fourth-order valence-corrected chi connectivity index (χ4v) is 2.25. The van der Waals surface area contributed by atoms with E-state index in [9.17, 15) is 9.82 Å². The van der Waals surface area contributed by atoms with E-state index in [-0.39, 0.29) is 30.3 Å². The van der Waals surface area contributed by atoms with Gasteiger partial charge in [-0.1, -0.05) is 5.16 Å². The normalized spacial score (nSPS) is 22.6. The van der Waals surface area contributed by atoms with Crippen molar-refractivity contribution in [2.75, 3.05) is 0 Å². The van der Waals surface area contributed by atoms with Gasteiger partial charge in [0.25, 0.3) is 12.8 Å². The summed E-state index contributed by atoms with van der Waals surface area (Å²) in [6, 6.07) is 0.0762. The molecule has 0 aromatic heterocycles. The molecule has 1 fully saturated rings. The molecule has 100 valence electrons. The van der Waals surface area contributed by atoms with E-state index in [0.717, 1.165) is 12.8 Å². The van der Waals surface area contributed by atoms with E-state index in [0.29, 0.717) is 18.2 Å². The molecular formula is C12H16BN3O3. The predicted octanol–water partition coefficient (Wildman–Crippen LogP) is 0.595. The van der Waals surface area contributed by atoms with Crippen LogP contribution in [0, 0.1) is 5.41 Å². The summed E-state index contributed by atoms with van der Waals surface area (Å²) in [5, 5.41) is 31.4. The Morgan fingerprint density at radius 1 is 1.42 bits per heavy atom. The van der Waals surface area contributed by atoms with Crippen molar-refractivity contribution in [3.63, 3.8) is 0 Å². The van der Waals surface area contributed by atoms with Crippen molar-refractivity contribution in [3.05, 3.63) is 23.8 Å². The van der Waals surface area contributed by atoms with E-state index < -0.39 is 0 Å². The first kappa shape index (κ1) is 13.5. The van der Waals surface area contributed by atoms with Gasteiger partial charge in [-0.15, -0.1) is 0 Å². The molecule has 1 saturated heterocycles. The molecule has 0 radical (unpaired) electrons. The van der Waals surface area contributed by atoms with Crippen molar-refractivity contribution >= 4 is 24.2 Å². The summed E-state index contributed by atoms with van der Waals surface area (Å²) in [7, 11) is 0. The number of nitrogens with zero attached hydrogens (tertiary/aromatic N) is 1. The van der Waals surface area contributed by atoms with Crippen LogP contribution in [0.5, 0.6) is 0 Å². The summed E-state index contributed by atoms with van der Waals surface area (Å²) < 4.78 is 0. The highest BCUT2D eigenvalue weighted by atomic mass is 16.4. The lowest BCUT2D eigenvalue weighted by Gasteiger charge is -2.24. The molecule has 6 nitrogen and oxygen atoms in total. The zero-order valence-electron chi connectivity index (χ0n) is 10.5. The third-order valence-corrected chi connectivity index (χ3v) is 3.40. The number of rotatable bonds is 2. The lowest BCUT2D eigenvalue weighted by molar-refractivity contribution is -0.117. The molecule has 0 bridgehead atoms. The van der Waals surface area contributed by atoms with E-state index in [4.69, 9.17) is 10.6 Å². The topological polar surface area (TPSA) is 106 Å². The molecular weight excluding hydrogens is 245 g/mol. The number of carbonyl (C=O) groups excluding carboxylic acids is 1. The zero-order chi connectivity index (χ0) is 13.8. The van der Waals surface area contributed by atoms with E-state index in [1.807, 2.05) is 0 Å². The standard InChI is InChI=1S/C12H16BN3O3/c14-10-7-8(1-2-11(10)16-19)12(17)15-9-3-5-13(18)6-4-9/h1-2,7,9,14,18-19H,3-6H2,(H,15,17)/b14-10?,16-11-. The Balaban J connectivity index is 1.94. The largest absolute Gasteiger partial charge is 0.450 e. The molecule has 1 aliphatic heterocycles. The van der Waals surface area contributed by atoms with Crippen LogP contribution < -0.4 is 5.32 Å². The van der Waals surface area contributed by atoms with Crippen molar-refractivity contribution in [2.24, 2.45) is 5.16 Å². The third-order valence-electron chi connectivity index (χ3n) is 3.40. The highest BCUT2D eigenvalue weighted by molar-refractivity contribution is 6.51. The third kappa shape index (κ3) is 3.32. The van der Waals surface area contributed by atoms with Crippen molar-refractivity contribution < 1.29 is 15.0 Å². The van der Waals surface area contributed by atoms with Gasteiger partial charge in [0, 0.05) is 11.6 Å². The first-order valence-electron chi connectivity index (χ1n) is 6.30. The van der Waals surface area contributed by atoms with Crippen LogP contribution in [0.1, 0.15) is 12.8 Å². The highest BCUT2D eigenvalue weighted by Crippen LogP contribution is 2.18. The van der Waals surface area contributed by atoms with Gasteiger partial charge in [-0.25, -0.2) is 0 Å². The molecule has 0 spiro atoms. The van der Waals surface area contributed by atoms with Crippen molar-refractivity contribution in [1.82, 2.24) is 5.32 Å². The van der Waals surface area contributed by atoms with Gasteiger partial charge in [-0.3, -0.25) is 10.2 Å². The average Bonchev–Trinajstić information content (AvgIpc) is 2.41. The molecule has 0 aromatic rings. The van der Waals surface area contributed by atoms with Crippen LogP contribution in [0.15, 0.2) is 29.0 Å². The Labute approximate surface area is 111 Å². The van der Waals surface area contributed by atoms with Crippen LogP contribution in [0.2, 0.25) is 12.6 Å². The number of hydrogen-bond donors (Lipinski definition) is 4. The van der Waals surface area contributed by atoms with Gasteiger partial charge in [-0.05, 0) is 43.7 Å². The van der Waals surface area contributed by atoms with Gasteiger partial charge in [0.2, 0.25) is 0 Å². The van der Waals surface area contributed by atoms with Crippen LogP contribution in [-0.2, 0) is 4.79 Å². The molecule has 1 amide bonds. The van der Waals surface area contributed by atoms with Gasteiger partial charge < -0.3 is 15.5 Å². The maximum Gasteiger partial charge on any atom is 0.289 e. The number of nitrogens with one attached hydrogen (secondary N) is 2. The second-order valence-corrected chi connectivity index (χ2v) is 4.81. The van der Waals surface area contributed by atoms with Crippen LogP contribution in [0.25, 0.3) is 0 Å². The molecule has 0 aromatic carbocycles. The summed E-state index contributed by atoms with van der Waals surface area (Å²) in [6.45, 7) is -0.251. The number of carbonyl (C=O) groups is 1. The van der Waals surface area contributed by atoms with Crippen LogP contribution >= 0.6 is 0 Å². The van der Waals surface area contributed by atoms with Gasteiger partial charge in [0.1, 0.15) is 5.71 Å².